The van der Waals surface area contributed by atoms with E-state index in [2.05, 4.69) is 46.7 Å². The van der Waals surface area contributed by atoms with Crippen LogP contribution in [0.25, 0.3) is 0 Å². The molecule has 0 spiro atoms. The van der Waals surface area contributed by atoms with E-state index in [1.54, 1.807) is 23.1 Å². The van der Waals surface area contributed by atoms with Crippen LogP contribution in [0.2, 0.25) is 0 Å². The van der Waals surface area contributed by atoms with Crippen LogP contribution in [0.5, 0.6) is 0 Å². The molecule has 0 radical (unpaired) electrons. The van der Waals surface area contributed by atoms with Gasteiger partial charge in [-0.15, -0.1) is 10.2 Å². The molecular formula is C13H18N4S2. The van der Waals surface area contributed by atoms with Gasteiger partial charge in [-0.1, -0.05) is 42.2 Å². The van der Waals surface area contributed by atoms with Crippen molar-refractivity contribution in [3.63, 3.8) is 0 Å². The first-order valence-corrected chi connectivity index (χ1v) is 7.80. The third kappa shape index (κ3) is 4.19. The van der Waals surface area contributed by atoms with Crippen molar-refractivity contribution in [2.45, 2.75) is 22.7 Å². The number of rotatable bonds is 6. The summed E-state index contributed by atoms with van der Waals surface area (Å²) in [6.45, 7) is 4.03. The number of hydrogen-bond acceptors (Lipinski definition) is 6. The zero-order valence-corrected chi connectivity index (χ0v) is 13.0. The average molecular weight is 294 g/mol. The van der Waals surface area contributed by atoms with E-state index >= 15 is 0 Å². The summed E-state index contributed by atoms with van der Waals surface area (Å²) in [7, 11) is 3.95. The lowest BCUT2D eigenvalue weighted by atomic mass is 10.2. The Morgan fingerprint density at radius 1 is 1.21 bits per heavy atom. The summed E-state index contributed by atoms with van der Waals surface area (Å²) in [4.78, 5) is 3.17. The number of nitrogens with one attached hydrogen (secondary N) is 1. The van der Waals surface area contributed by atoms with E-state index in [4.69, 9.17) is 0 Å². The molecule has 1 aromatic heterocycles. The standard InChI is InChI=1S/C13H18N4S2/c1-4-14-9-10-5-7-11(8-6-10)18-13-16-15-12(19-13)17(2)3/h5-8,14H,4,9H2,1-3H3. The maximum Gasteiger partial charge on any atom is 0.208 e. The molecule has 0 unspecified atom stereocenters. The van der Waals surface area contributed by atoms with Crippen molar-refractivity contribution in [3.8, 4) is 0 Å². The zero-order valence-electron chi connectivity index (χ0n) is 11.4. The van der Waals surface area contributed by atoms with Crippen LogP contribution < -0.4 is 10.2 Å². The fourth-order valence-corrected chi connectivity index (χ4v) is 3.21. The highest BCUT2D eigenvalue weighted by Crippen LogP contribution is 2.32. The largest absolute Gasteiger partial charge is 0.353 e. The summed E-state index contributed by atoms with van der Waals surface area (Å²) < 4.78 is 0.975. The summed E-state index contributed by atoms with van der Waals surface area (Å²) in [6, 6.07) is 8.57. The van der Waals surface area contributed by atoms with Gasteiger partial charge >= 0.3 is 0 Å². The third-order valence-electron chi connectivity index (χ3n) is 2.49. The van der Waals surface area contributed by atoms with Crippen molar-refractivity contribution in [2.24, 2.45) is 0 Å². The molecular weight excluding hydrogens is 276 g/mol. The second-order valence-electron chi connectivity index (χ2n) is 4.27. The SMILES string of the molecule is CCNCc1ccc(Sc2nnc(N(C)C)s2)cc1. The van der Waals surface area contributed by atoms with Crippen LogP contribution in [-0.4, -0.2) is 30.8 Å². The van der Waals surface area contributed by atoms with Gasteiger partial charge in [0.05, 0.1) is 0 Å². The first-order chi connectivity index (χ1) is 9.19. The fourth-order valence-electron chi connectivity index (χ4n) is 1.47. The Morgan fingerprint density at radius 2 is 1.95 bits per heavy atom. The Kier molecular flexibility index (Phi) is 5.18. The highest BCUT2D eigenvalue weighted by atomic mass is 32.2. The molecule has 2 aromatic rings. The van der Waals surface area contributed by atoms with Crippen molar-refractivity contribution < 1.29 is 0 Å². The Morgan fingerprint density at radius 3 is 2.53 bits per heavy atom. The normalized spacial score (nSPS) is 10.7. The van der Waals surface area contributed by atoms with Gasteiger partial charge in [-0.2, -0.15) is 0 Å². The van der Waals surface area contributed by atoms with Gasteiger partial charge in [-0.25, -0.2) is 0 Å². The zero-order chi connectivity index (χ0) is 13.7. The second-order valence-corrected chi connectivity index (χ2v) is 6.55. The summed E-state index contributed by atoms with van der Waals surface area (Å²) in [5.41, 5.74) is 1.30. The molecule has 6 heteroatoms. The molecule has 0 aliphatic rings. The topological polar surface area (TPSA) is 41.1 Å². The van der Waals surface area contributed by atoms with E-state index in [1.807, 2.05) is 19.0 Å². The van der Waals surface area contributed by atoms with Gasteiger partial charge in [-0.3, -0.25) is 0 Å². The van der Waals surface area contributed by atoms with Crippen LogP contribution in [0.15, 0.2) is 33.5 Å². The molecule has 1 heterocycles. The highest BCUT2D eigenvalue weighted by molar-refractivity contribution is 8.01. The third-order valence-corrected chi connectivity index (χ3v) is 4.64. The lowest BCUT2D eigenvalue weighted by molar-refractivity contribution is 0.726. The van der Waals surface area contributed by atoms with Gasteiger partial charge in [0.15, 0.2) is 4.34 Å². The fraction of sp³-hybridized carbons (Fsp3) is 0.385. The van der Waals surface area contributed by atoms with E-state index < -0.39 is 0 Å². The van der Waals surface area contributed by atoms with Crippen molar-refractivity contribution in [3.05, 3.63) is 29.8 Å². The van der Waals surface area contributed by atoms with E-state index in [1.165, 1.54) is 10.5 Å². The summed E-state index contributed by atoms with van der Waals surface area (Å²) in [5.74, 6) is 0. The Balaban J connectivity index is 1.98. The van der Waals surface area contributed by atoms with Crippen LogP contribution in [0.1, 0.15) is 12.5 Å². The number of nitrogens with zero attached hydrogens (tertiary/aromatic N) is 3. The van der Waals surface area contributed by atoms with Gasteiger partial charge in [0, 0.05) is 25.5 Å². The Hall–Kier alpha value is -1.11. The molecule has 102 valence electrons. The van der Waals surface area contributed by atoms with Crippen molar-refractivity contribution in [1.82, 2.24) is 15.5 Å². The second kappa shape index (κ2) is 6.88. The van der Waals surface area contributed by atoms with Gasteiger partial charge in [0.25, 0.3) is 0 Å². The average Bonchev–Trinajstić information content (AvgIpc) is 2.87. The first kappa shape index (κ1) is 14.3. The van der Waals surface area contributed by atoms with Crippen LogP contribution in [0.4, 0.5) is 5.13 Å². The number of aromatic nitrogens is 2. The van der Waals surface area contributed by atoms with Crippen LogP contribution in [-0.2, 0) is 6.54 Å². The molecule has 0 amide bonds. The quantitative estimate of drug-likeness (QED) is 0.887. The molecule has 0 aliphatic carbocycles. The minimum Gasteiger partial charge on any atom is -0.353 e. The molecule has 0 atom stereocenters. The van der Waals surface area contributed by atoms with E-state index in [-0.39, 0.29) is 0 Å². The predicted molar refractivity (Wildman–Crippen MR) is 82.2 cm³/mol. The first-order valence-electron chi connectivity index (χ1n) is 6.17. The predicted octanol–water partition coefficient (Wildman–Crippen LogP) is 2.86. The van der Waals surface area contributed by atoms with Crippen molar-refractivity contribution in [1.29, 1.82) is 0 Å². The van der Waals surface area contributed by atoms with Crippen molar-refractivity contribution >= 4 is 28.2 Å². The minimum atomic E-state index is 0.922. The van der Waals surface area contributed by atoms with Gasteiger partial charge in [0.2, 0.25) is 5.13 Å². The summed E-state index contributed by atoms with van der Waals surface area (Å²) in [5, 5.41) is 12.6. The minimum absolute atomic E-state index is 0.922. The van der Waals surface area contributed by atoms with E-state index in [0.717, 1.165) is 22.6 Å². The lowest BCUT2D eigenvalue weighted by Gasteiger charge is -2.04. The van der Waals surface area contributed by atoms with Crippen molar-refractivity contribution in [2.75, 3.05) is 25.5 Å². The molecule has 0 fully saturated rings. The molecule has 1 N–H and O–H groups in total. The highest BCUT2D eigenvalue weighted by Gasteiger charge is 2.07. The summed E-state index contributed by atoms with van der Waals surface area (Å²) in [6.07, 6.45) is 0. The lowest BCUT2D eigenvalue weighted by Crippen LogP contribution is -2.11. The van der Waals surface area contributed by atoms with Gasteiger partial charge < -0.3 is 10.2 Å². The molecule has 1 aromatic carbocycles. The molecule has 0 bridgehead atoms. The van der Waals surface area contributed by atoms with Gasteiger partial charge in [0.1, 0.15) is 0 Å². The Bertz CT molecular complexity index is 508. The molecule has 4 nitrogen and oxygen atoms in total. The van der Waals surface area contributed by atoms with Crippen LogP contribution in [0, 0.1) is 0 Å². The smallest absolute Gasteiger partial charge is 0.208 e. The molecule has 0 aliphatic heterocycles. The molecule has 0 saturated heterocycles. The number of hydrogen-bond donors (Lipinski definition) is 1. The van der Waals surface area contributed by atoms with E-state index in [9.17, 15) is 0 Å². The molecule has 19 heavy (non-hydrogen) atoms. The monoisotopic (exact) mass is 294 g/mol. The maximum atomic E-state index is 4.18. The summed E-state index contributed by atoms with van der Waals surface area (Å²) >= 11 is 3.26. The number of anilines is 1. The Labute approximate surface area is 122 Å². The van der Waals surface area contributed by atoms with E-state index in [0.29, 0.717) is 0 Å². The van der Waals surface area contributed by atoms with Crippen LogP contribution in [0.3, 0.4) is 0 Å². The molecule has 0 saturated carbocycles. The molecule has 2 rings (SSSR count). The van der Waals surface area contributed by atoms with Crippen LogP contribution >= 0.6 is 23.1 Å². The number of benzene rings is 1. The maximum absolute atomic E-state index is 4.18. The van der Waals surface area contributed by atoms with Gasteiger partial charge in [-0.05, 0) is 24.2 Å².